The van der Waals surface area contributed by atoms with Crippen LogP contribution >= 0.6 is 0 Å². The van der Waals surface area contributed by atoms with Gasteiger partial charge in [-0.1, -0.05) is 42.0 Å². The Hall–Kier alpha value is -3.27. The Morgan fingerprint density at radius 2 is 1.29 bits per heavy atom. The molecule has 0 saturated heterocycles. The average molecular weight is 375 g/mol. The van der Waals surface area contributed by atoms with Gasteiger partial charge in [0.25, 0.3) is 5.91 Å². The molecule has 144 valence electrons. The summed E-state index contributed by atoms with van der Waals surface area (Å²) in [7, 11) is 3.29. The van der Waals surface area contributed by atoms with Crippen LogP contribution in [-0.2, 0) is 13.1 Å². The molecule has 3 aromatic rings. The van der Waals surface area contributed by atoms with Crippen LogP contribution in [0.1, 0.15) is 27.0 Å². The number of ether oxygens (including phenoxy) is 2. The number of nitrogens with zero attached hydrogens (tertiary/aromatic N) is 1. The number of hydrogen-bond acceptors (Lipinski definition) is 3. The monoisotopic (exact) mass is 375 g/mol. The standard InChI is InChI=1S/C24H25NO3/c1-18-5-4-6-21(15-18)24(26)25(16-19-7-11-22(27-2)12-8-19)17-20-9-13-23(28-3)14-10-20/h4-15H,16-17H2,1-3H3. The molecule has 4 nitrogen and oxygen atoms in total. The number of benzene rings is 3. The molecule has 0 aliphatic rings. The Morgan fingerprint density at radius 1 is 0.786 bits per heavy atom. The normalized spacial score (nSPS) is 10.4. The summed E-state index contributed by atoms with van der Waals surface area (Å²) in [5, 5.41) is 0. The van der Waals surface area contributed by atoms with Crippen LogP contribution in [-0.4, -0.2) is 25.0 Å². The molecule has 0 fully saturated rings. The van der Waals surface area contributed by atoms with Gasteiger partial charge in [0.15, 0.2) is 0 Å². The fourth-order valence-electron chi connectivity index (χ4n) is 3.06. The van der Waals surface area contributed by atoms with Crippen LogP contribution in [0.5, 0.6) is 11.5 Å². The molecule has 0 aliphatic heterocycles. The lowest BCUT2D eigenvalue weighted by atomic mass is 10.1. The number of rotatable bonds is 7. The van der Waals surface area contributed by atoms with Gasteiger partial charge in [-0.2, -0.15) is 0 Å². The van der Waals surface area contributed by atoms with E-state index >= 15 is 0 Å². The molecule has 3 rings (SSSR count). The number of amides is 1. The van der Waals surface area contributed by atoms with Crippen molar-refractivity contribution in [3.05, 3.63) is 95.1 Å². The Morgan fingerprint density at radius 3 is 1.71 bits per heavy atom. The van der Waals surface area contributed by atoms with Crippen molar-refractivity contribution in [3.8, 4) is 11.5 Å². The average Bonchev–Trinajstić information content (AvgIpc) is 2.74. The minimum absolute atomic E-state index is 0.00957. The lowest BCUT2D eigenvalue weighted by Gasteiger charge is -2.23. The fourth-order valence-corrected chi connectivity index (χ4v) is 3.06. The zero-order valence-electron chi connectivity index (χ0n) is 16.5. The maximum absolute atomic E-state index is 13.2. The minimum Gasteiger partial charge on any atom is -0.497 e. The van der Waals surface area contributed by atoms with E-state index in [2.05, 4.69) is 0 Å². The first kappa shape index (κ1) is 19.5. The van der Waals surface area contributed by atoms with E-state index in [4.69, 9.17) is 9.47 Å². The Balaban J connectivity index is 1.86. The van der Waals surface area contributed by atoms with Gasteiger partial charge < -0.3 is 14.4 Å². The summed E-state index contributed by atoms with van der Waals surface area (Å²) < 4.78 is 10.5. The predicted octanol–water partition coefficient (Wildman–Crippen LogP) is 4.85. The molecule has 1 amide bonds. The first-order valence-corrected chi connectivity index (χ1v) is 9.21. The maximum Gasteiger partial charge on any atom is 0.254 e. The highest BCUT2D eigenvalue weighted by Crippen LogP contribution is 2.19. The quantitative estimate of drug-likeness (QED) is 0.592. The van der Waals surface area contributed by atoms with Crippen molar-refractivity contribution in [1.82, 2.24) is 4.90 Å². The van der Waals surface area contributed by atoms with Crippen LogP contribution in [0, 0.1) is 6.92 Å². The van der Waals surface area contributed by atoms with Crippen LogP contribution in [0.2, 0.25) is 0 Å². The number of methoxy groups -OCH3 is 2. The first-order valence-electron chi connectivity index (χ1n) is 9.21. The minimum atomic E-state index is 0.00957. The lowest BCUT2D eigenvalue weighted by Crippen LogP contribution is -2.30. The molecular weight excluding hydrogens is 350 g/mol. The smallest absolute Gasteiger partial charge is 0.254 e. The molecule has 0 heterocycles. The molecule has 0 saturated carbocycles. The molecular formula is C24H25NO3. The molecule has 0 bridgehead atoms. The SMILES string of the molecule is COc1ccc(CN(Cc2ccc(OC)cc2)C(=O)c2cccc(C)c2)cc1. The molecule has 3 aromatic carbocycles. The van der Waals surface area contributed by atoms with Gasteiger partial charge in [-0.05, 0) is 54.4 Å². The van der Waals surface area contributed by atoms with Gasteiger partial charge >= 0.3 is 0 Å². The maximum atomic E-state index is 13.2. The van der Waals surface area contributed by atoms with Crippen molar-refractivity contribution >= 4 is 5.91 Å². The molecule has 0 radical (unpaired) electrons. The van der Waals surface area contributed by atoms with Crippen LogP contribution in [0.25, 0.3) is 0 Å². The van der Waals surface area contributed by atoms with E-state index in [0.717, 1.165) is 28.2 Å². The molecule has 0 unspecified atom stereocenters. The third kappa shape index (κ3) is 4.92. The summed E-state index contributed by atoms with van der Waals surface area (Å²) in [6, 6.07) is 23.3. The summed E-state index contributed by atoms with van der Waals surface area (Å²) in [6.45, 7) is 3.03. The van der Waals surface area contributed by atoms with Crippen molar-refractivity contribution in [1.29, 1.82) is 0 Å². The van der Waals surface area contributed by atoms with Gasteiger partial charge in [-0.3, -0.25) is 4.79 Å². The van der Waals surface area contributed by atoms with Crippen LogP contribution in [0.4, 0.5) is 0 Å². The fraction of sp³-hybridized carbons (Fsp3) is 0.208. The number of hydrogen-bond donors (Lipinski definition) is 0. The molecule has 0 atom stereocenters. The highest BCUT2D eigenvalue weighted by molar-refractivity contribution is 5.94. The van der Waals surface area contributed by atoms with Crippen molar-refractivity contribution in [3.63, 3.8) is 0 Å². The van der Waals surface area contributed by atoms with Crippen molar-refractivity contribution in [2.45, 2.75) is 20.0 Å². The highest BCUT2D eigenvalue weighted by Gasteiger charge is 2.17. The largest absolute Gasteiger partial charge is 0.497 e. The zero-order chi connectivity index (χ0) is 19.9. The number of aryl methyl sites for hydroxylation is 1. The van der Waals surface area contributed by atoms with Gasteiger partial charge in [-0.25, -0.2) is 0 Å². The van der Waals surface area contributed by atoms with E-state index < -0.39 is 0 Å². The van der Waals surface area contributed by atoms with Gasteiger partial charge in [0.05, 0.1) is 14.2 Å². The second kappa shape index (κ2) is 9.09. The van der Waals surface area contributed by atoms with E-state index in [0.29, 0.717) is 18.7 Å². The molecule has 0 spiro atoms. The molecule has 4 heteroatoms. The van der Waals surface area contributed by atoms with E-state index in [1.807, 2.05) is 84.6 Å². The summed E-state index contributed by atoms with van der Waals surface area (Å²) in [4.78, 5) is 15.1. The zero-order valence-corrected chi connectivity index (χ0v) is 16.5. The van der Waals surface area contributed by atoms with Gasteiger partial charge in [0.2, 0.25) is 0 Å². The molecule has 0 N–H and O–H groups in total. The van der Waals surface area contributed by atoms with Crippen LogP contribution in [0.15, 0.2) is 72.8 Å². The second-order valence-electron chi connectivity index (χ2n) is 6.73. The van der Waals surface area contributed by atoms with E-state index in [1.165, 1.54) is 0 Å². The predicted molar refractivity (Wildman–Crippen MR) is 111 cm³/mol. The summed E-state index contributed by atoms with van der Waals surface area (Å²) in [6.07, 6.45) is 0. The van der Waals surface area contributed by atoms with Gasteiger partial charge in [0.1, 0.15) is 11.5 Å². The van der Waals surface area contributed by atoms with Crippen LogP contribution < -0.4 is 9.47 Å². The molecule has 0 aromatic heterocycles. The van der Waals surface area contributed by atoms with Crippen molar-refractivity contribution in [2.24, 2.45) is 0 Å². The van der Waals surface area contributed by atoms with Gasteiger partial charge in [-0.15, -0.1) is 0 Å². The van der Waals surface area contributed by atoms with Gasteiger partial charge in [0, 0.05) is 18.7 Å². The van der Waals surface area contributed by atoms with Crippen LogP contribution in [0.3, 0.4) is 0 Å². The second-order valence-corrected chi connectivity index (χ2v) is 6.73. The number of carbonyl (C=O) groups is 1. The third-order valence-corrected chi connectivity index (χ3v) is 4.62. The van der Waals surface area contributed by atoms with E-state index in [9.17, 15) is 4.79 Å². The van der Waals surface area contributed by atoms with E-state index in [-0.39, 0.29) is 5.91 Å². The Labute approximate surface area is 166 Å². The highest BCUT2D eigenvalue weighted by atomic mass is 16.5. The summed E-state index contributed by atoms with van der Waals surface area (Å²) in [5.41, 5.74) is 3.87. The topological polar surface area (TPSA) is 38.8 Å². The first-order chi connectivity index (χ1) is 13.6. The summed E-state index contributed by atoms with van der Waals surface area (Å²) in [5.74, 6) is 1.61. The van der Waals surface area contributed by atoms with Crippen molar-refractivity contribution in [2.75, 3.05) is 14.2 Å². The van der Waals surface area contributed by atoms with E-state index in [1.54, 1.807) is 14.2 Å². The lowest BCUT2D eigenvalue weighted by molar-refractivity contribution is 0.0730. The Kier molecular flexibility index (Phi) is 6.33. The third-order valence-electron chi connectivity index (χ3n) is 4.62. The molecule has 28 heavy (non-hydrogen) atoms. The van der Waals surface area contributed by atoms with Crippen molar-refractivity contribution < 1.29 is 14.3 Å². The number of carbonyl (C=O) groups excluding carboxylic acids is 1. The summed E-state index contributed by atoms with van der Waals surface area (Å²) >= 11 is 0. The Bertz CT molecular complexity index is 868. The molecule has 0 aliphatic carbocycles.